The first-order valence-electron chi connectivity index (χ1n) is 4.74. The minimum atomic E-state index is -0.845. The Labute approximate surface area is 88.7 Å². The molecular weight excluding hydrogens is 194 g/mol. The maximum Gasteiger partial charge on any atom is 0.220 e. The Kier molecular flexibility index (Phi) is 4.12. The lowest BCUT2D eigenvalue weighted by atomic mass is 10.2. The van der Waals surface area contributed by atoms with Crippen molar-refractivity contribution in [3.05, 3.63) is 29.8 Å². The molecule has 1 aromatic rings. The van der Waals surface area contributed by atoms with Gasteiger partial charge in [-0.05, 0) is 18.6 Å². The second kappa shape index (κ2) is 5.36. The Morgan fingerprint density at radius 3 is 2.80 bits per heavy atom. The number of nitrogens with two attached hydrogens (primary N) is 1. The third-order valence-electron chi connectivity index (χ3n) is 1.96. The predicted octanol–water partition coefficient (Wildman–Crippen LogP) is 0.610. The Bertz CT molecular complexity index is 338. The highest BCUT2D eigenvalue weighted by atomic mass is 16.5. The third-order valence-corrected chi connectivity index (χ3v) is 1.96. The van der Waals surface area contributed by atoms with E-state index in [1.165, 1.54) is 0 Å². The van der Waals surface area contributed by atoms with Crippen molar-refractivity contribution in [2.45, 2.75) is 19.4 Å². The van der Waals surface area contributed by atoms with Crippen molar-refractivity contribution in [2.24, 2.45) is 5.73 Å². The smallest absolute Gasteiger partial charge is 0.220 e. The second-order valence-corrected chi connectivity index (χ2v) is 3.40. The summed E-state index contributed by atoms with van der Waals surface area (Å²) in [6, 6.07) is 7.48. The molecule has 0 aromatic heterocycles. The topological polar surface area (TPSA) is 72.6 Å². The summed E-state index contributed by atoms with van der Waals surface area (Å²) in [6.45, 7) is 1.99. The van der Waals surface area contributed by atoms with E-state index in [-0.39, 0.29) is 13.0 Å². The van der Waals surface area contributed by atoms with Crippen molar-refractivity contribution in [3.8, 4) is 5.75 Å². The highest BCUT2D eigenvalue weighted by Gasteiger charge is 2.09. The first kappa shape index (κ1) is 11.5. The highest BCUT2D eigenvalue weighted by Crippen LogP contribution is 2.16. The van der Waals surface area contributed by atoms with E-state index in [1.54, 1.807) is 0 Å². The summed E-state index contributed by atoms with van der Waals surface area (Å²) >= 11 is 0. The molecule has 1 unspecified atom stereocenters. The normalized spacial score (nSPS) is 12.1. The number of primary amides is 1. The van der Waals surface area contributed by atoms with Crippen molar-refractivity contribution in [3.63, 3.8) is 0 Å². The molecule has 0 fully saturated rings. The van der Waals surface area contributed by atoms with Crippen molar-refractivity contribution >= 4 is 5.91 Å². The molecule has 1 aromatic carbocycles. The van der Waals surface area contributed by atoms with Crippen LogP contribution in [-0.2, 0) is 4.79 Å². The number of aryl methyl sites for hydroxylation is 1. The van der Waals surface area contributed by atoms with Crippen molar-refractivity contribution in [1.82, 2.24) is 0 Å². The number of rotatable bonds is 5. The molecule has 0 aliphatic heterocycles. The van der Waals surface area contributed by atoms with Crippen LogP contribution in [0.15, 0.2) is 24.3 Å². The zero-order valence-corrected chi connectivity index (χ0v) is 8.64. The molecule has 0 aliphatic rings. The van der Waals surface area contributed by atoms with Crippen LogP contribution in [0.5, 0.6) is 5.75 Å². The van der Waals surface area contributed by atoms with Crippen LogP contribution in [0.25, 0.3) is 0 Å². The van der Waals surface area contributed by atoms with Crippen LogP contribution in [0.3, 0.4) is 0 Å². The Balaban J connectivity index is 2.43. The van der Waals surface area contributed by atoms with Gasteiger partial charge in [-0.15, -0.1) is 0 Å². The van der Waals surface area contributed by atoms with E-state index in [9.17, 15) is 9.90 Å². The minimum Gasteiger partial charge on any atom is -0.491 e. The Hall–Kier alpha value is -1.55. The maximum atomic E-state index is 10.5. The summed E-state index contributed by atoms with van der Waals surface area (Å²) in [7, 11) is 0. The number of hydrogen-bond acceptors (Lipinski definition) is 3. The lowest BCUT2D eigenvalue weighted by Crippen LogP contribution is -2.25. The molecule has 0 saturated heterocycles. The van der Waals surface area contributed by atoms with Crippen LogP contribution in [0, 0.1) is 6.92 Å². The fraction of sp³-hybridized carbons (Fsp3) is 0.364. The number of amides is 1. The molecule has 0 spiro atoms. The molecule has 4 heteroatoms. The van der Waals surface area contributed by atoms with Gasteiger partial charge >= 0.3 is 0 Å². The molecule has 1 rings (SSSR count). The van der Waals surface area contributed by atoms with Gasteiger partial charge in [0, 0.05) is 0 Å². The lowest BCUT2D eigenvalue weighted by molar-refractivity contribution is -0.120. The van der Waals surface area contributed by atoms with Gasteiger partial charge in [0.2, 0.25) is 5.91 Å². The van der Waals surface area contributed by atoms with Gasteiger partial charge in [0.05, 0.1) is 12.5 Å². The Morgan fingerprint density at radius 1 is 1.53 bits per heavy atom. The summed E-state index contributed by atoms with van der Waals surface area (Å²) in [5.74, 6) is 0.178. The van der Waals surface area contributed by atoms with Crippen LogP contribution in [0.1, 0.15) is 12.0 Å². The average Bonchev–Trinajstić information content (AvgIpc) is 2.15. The summed E-state index contributed by atoms with van der Waals surface area (Å²) < 4.78 is 5.34. The molecule has 3 N–H and O–H groups in total. The number of para-hydroxylation sites is 1. The van der Waals surface area contributed by atoms with E-state index >= 15 is 0 Å². The van der Waals surface area contributed by atoms with E-state index in [1.807, 2.05) is 31.2 Å². The number of benzene rings is 1. The average molecular weight is 209 g/mol. The molecule has 0 heterocycles. The van der Waals surface area contributed by atoms with E-state index in [0.29, 0.717) is 5.75 Å². The van der Waals surface area contributed by atoms with Crippen molar-refractivity contribution in [2.75, 3.05) is 6.61 Å². The molecule has 0 bridgehead atoms. The lowest BCUT2D eigenvalue weighted by Gasteiger charge is -2.12. The number of ether oxygens (including phenoxy) is 1. The van der Waals surface area contributed by atoms with Gasteiger partial charge in [0.15, 0.2) is 0 Å². The van der Waals surface area contributed by atoms with Crippen LogP contribution in [0.4, 0.5) is 0 Å². The summed E-state index contributed by atoms with van der Waals surface area (Å²) in [5.41, 5.74) is 5.93. The van der Waals surface area contributed by atoms with Gasteiger partial charge in [0.1, 0.15) is 12.4 Å². The summed E-state index contributed by atoms with van der Waals surface area (Å²) in [4.78, 5) is 10.5. The van der Waals surface area contributed by atoms with Gasteiger partial charge in [-0.3, -0.25) is 4.79 Å². The molecule has 82 valence electrons. The fourth-order valence-corrected chi connectivity index (χ4v) is 1.20. The monoisotopic (exact) mass is 209 g/mol. The van der Waals surface area contributed by atoms with Gasteiger partial charge in [-0.25, -0.2) is 0 Å². The standard InChI is InChI=1S/C11H15NO3/c1-8-4-2-3-5-10(8)15-7-9(13)6-11(12)14/h2-5,9,13H,6-7H2,1H3,(H2,12,14). The van der Waals surface area contributed by atoms with Gasteiger partial charge < -0.3 is 15.6 Å². The number of aliphatic hydroxyl groups is 1. The molecular formula is C11H15NO3. The third kappa shape index (κ3) is 3.99. The second-order valence-electron chi connectivity index (χ2n) is 3.40. The van der Waals surface area contributed by atoms with E-state index in [4.69, 9.17) is 10.5 Å². The van der Waals surface area contributed by atoms with Crippen molar-refractivity contribution in [1.29, 1.82) is 0 Å². The SMILES string of the molecule is Cc1ccccc1OCC(O)CC(N)=O. The number of hydrogen-bond donors (Lipinski definition) is 2. The fourth-order valence-electron chi connectivity index (χ4n) is 1.20. The first-order chi connectivity index (χ1) is 7.09. The molecule has 0 radical (unpaired) electrons. The van der Waals surface area contributed by atoms with Crippen molar-refractivity contribution < 1.29 is 14.6 Å². The van der Waals surface area contributed by atoms with E-state index in [2.05, 4.69) is 0 Å². The van der Waals surface area contributed by atoms with Gasteiger partial charge in [0.25, 0.3) is 0 Å². The van der Waals surface area contributed by atoms with Crippen LogP contribution in [0.2, 0.25) is 0 Å². The molecule has 4 nitrogen and oxygen atoms in total. The molecule has 1 atom stereocenters. The molecule has 0 aliphatic carbocycles. The molecule has 0 saturated carbocycles. The zero-order valence-electron chi connectivity index (χ0n) is 8.64. The Morgan fingerprint density at radius 2 is 2.20 bits per heavy atom. The minimum absolute atomic E-state index is 0.0772. The van der Waals surface area contributed by atoms with Crippen LogP contribution >= 0.6 is 0 Å². The van der Waals surface area contributed by atoms with E-state index in [0.717, 1.165) is 5.56 Å². The van der Waals surface area contributed by atoms with Gasteiger partial charge in [-0.1, -0.05) is 18.2 Å². The van der Waals surface area contributed by atoms with Crippen LogP contribution < -0.4 is 10.5 Å². The zero-order chi connectivity index (χ0) is 11.3. The van der Waals surface area contributed by atoms with E-state index < -0.39 is 12.0 Å². The predicted molar refractivity (Wildman–Crippen MR) is 56.5 cm³/mol. The quantitative estimate of drug-likeness (QED) is 0.746. The molecule has 15 heavy (non-hydrogen) atoms. The number of carbonyl (C=O) groups excluding carboxylic acids is 1. The first-order valence-corrected chi connectivity index (χ1v) is 4.74. The maximum absolute atomic E-state index is 10.5. The van der Waals surface area contributed by atoms with Crippen LogP contribution in [-0.4, -0.2) is 23.7 Å². The highest BCUT2D eigenvalue weighted by molar-refractivity contribution is 5.74. The number of carbonyl (C=O) groups is 1. The number of aliphatic hydroxyl groups excluding tert-OH is 1. The largest absolute Gasteiger partial charge is 0.491 e. The molecule has 1 amide bonds. The summed E-state index contributed by atoms with van der Waals surface area (Å²) in [6.07, 6.45) is -0.923. The van der Waals surface area contributed by atoms with Gasteiger partial charge in [-0.2, -0.15) is 0 Å². The summed E-state index contributed by atoms with van der Waals surface area (Å²) in [5, 5.41) is 9.35.